The number of halogens is 2. The second-order valence-electron chi connectivity index (χ2n) is 8.10. The van der Waals surface area contributed by atoms with E-state index in [-0.39, 0.29) is 12.5 Å². The van der Waals surface area contributed by atoms with Crippen molar-refractivity contribution in [3.05, 3.63) is 68.6 Å². The molecule has 5 rings (SSSR count). The molecule has 34 heavy (non-hydrogen) atoms. The van der Waals surface area contributed by atoms with Crippen LogP contribution in [0.4, 0.5) is 5.13 Å². The number of fused-ring (bicyclic) bond motifs is 1. The van der Waals surface area contributed by atoms with Crippen molar-refractivity contribution in [2.75, 3.05) is 44.2 Å². The molecule has 0 radical (unpaired) electrons. The number of aromatic hydroxyl groups is 1. The van der Waals surface area contributed by atoms with Gasteiger partial charge in [-0.1, -0.05) is 46.7 Å². The number of aliphatic hydroxyl groups excluding tert-OH is 1. The molecule has 7 nitrogen and oxygen atoms in total. The Morgan fingerprint density at radius 1 is 1.12 bits per heavy atom. The summed E-state index contributed by atoms with van der Waals surface area (Å²) in [6.45, 7) is 4.09. The van der Waals surface area contributed by atoms with Crippen LogP contribution in [0.25, 0.3) is 22.6 Å². The minimum absolute atomic E-state index is 0.0126. The van der Waals surface area contributed by atoms with Crippen LogP contribution in [0.15, 0.2) is 42.6 Å². The first-order valence-corrected chi connectivity index (χ1v) is 12.5. The topological polar surface area (TPSA) is 88.5 Å². The summed E-state index contributed by atoms with van der Waals surface area (Å²) < 4.78 is 0. The van der Waals surface area contributed by atoms with Gasteiger partial charge in [0.2, 0.25) is 5.88 Å². The van der Waals surface area contributed by atoms with Crippen molar-refractivity contribution >= 4 is 62.2 Å². The van der Waals surface area contributed by atoms with Crippen molar-refractivity contribution in [1.82, 2.24) is 20.1 Å². The molecule has 2 aromatic heterocycles. The second kappa shape index (κ2) is 9.93. The fourth-order valence-corrected chi connectivity index (χ4v) is 5.59. The van der Waals surface area contributed by atoms with Crippen molar-refractivity contribution in [3.8, 4) is 5.88 Å². The Labute approximate surface area is 210 Å². The fraction of sp³-hybridized carbons (Fsp3) is 0.250. The van der Waals surface area contributed by atoms with Gasteiger partial charge in [0.1, 0.15) is 4.88 Å². The maximum absolute atomic E-state index is 10.9. The molecule has 10 heteroatoms. The number of rotatable bonds is 6. The Kier molecular flexibility index (Phi) is 6.76. The van der Waals surface area contributed by atoms with E-state index < -0.39 is 0 Å². The summed E-state index contributed by atoms with van der Waals surface area (Å²) >= 11 is 14.0. The molecule has 0 atom stereocenters. The average Bonchev–Trinajstić information content (AvgIpc) is 3.45. The molecule has 3 N–H and O–H groups in total. The summed E-state index contributed by atoms with van der Waals surface area (Å²) in [6.07, 6.45) is 3.73. The van der Waals surface area contributed by atoms with Crippen molar-refractivity contribution in [1.29, 1.82) is 0 Å². The minimum atomic E-state index is -0.0126. The number of hydrogen-bond donors (Lipinski definition) is 3. The van der Waals surface area contributed by atoms with E-state index in [4.69, 9.17) is 23.2 Å². The van der Waals surface area contributed by atoms with Crippen LogP contribution in [0.5, 0.6) is 5.88 Å². The fourth-order valence-electron chi connectivity index (χ4n) is 4.08. The number of aromatic amines is 1. The zero-order chi connectivity index (χ0) is 23.7. The van der Waals surface area contributed by atoms with Gasteiger partial charge < -0.3 is 15.1 Å². The SMILES string of the molecule is OCCN1CCN(c2nc(O)c(C(=Cc3ccc(Cl)cc3Cl)c3ccc4[nH]ncc4c3)s2)CC1. The molecule has 0 amide bonds. The van der Waals surface area contributed by atoms with Gasteiger partial charge in [0.15, 0.2) is 5.13 Å². The van der Waals surface area contributed by atoms with Gasteiger partial charge >= 0.3 is 0 Å². The molecule has 0 bridgehead atoms. The summed E-state index contributed by atoms with van der Waals surface area (Å²) in [5.74, 6) is -0.0126. The number of aliphatic hydroxyl groups is 1. The first kappa shape index (κ1) is 23.1. The van der Waals surface area contributed by atoms with Gasteiger partial charge in [-0.3, -0.25) is 10.00 Å². The van der Waals surface area contributed by atoms with Crippen molar-refractivity contribution < 1.29 is 10.2 Å². The molecular weight excluding hydrogens is 493 g/mol. The quantitative estimate of drug-likeness (QED) is 0.321. The molecule has 4 aromatic rings. The molecule has 1 fully saturated rings. The van der Waals surface area contributed by atoms with Gasteiger partial charge in [0, 0.05) is 53.7 Å². The third kappa shape index (κ3) is 4.78. The number of benzene rings is 2. The smallest absolute Gasteiger partial charge is 0.232 e. The summed E-state index contributed by atoms with van der Waals surface area (Å²) in [6, 6.07) is 11.3. The van der Waals surface area contributed by atoms with E-state index in [1.165, 1.54) is 11.3 Å². The monoisotopic (exact) mass is 515 g/mol. The lowest BCUT2D eigenvalue weighted by Gasteiger charge is -2.34. The minimum Gasteiger partial charge on any atom is -0.492 e. The molecule has 0 aliphatic carbocycles. The van der Waals surface area contributed by atoms with Crippen LogP contribution in [0.2, 0.25) is 10.0 Å². The maximum Gasteiger partial charge on any atom is 0.232 e. The van der Waals surface area contributed by atoms with Gasteiger partial charge in [0.05, 0.1) is 18.3 Å². The number of aromatic nitrogens is 3. The third-order valence-electron chi connectivity index (χ3n) is 5.92. The molecule has 3 heterocycles. The number of thiazole rings is 1. The van der Waals surface area contributed by atoms with Crippen molar-refractivity contribution in [2.24, 2.45) is 0 Å². The number of piperazine rings is 1. The Hall–Kier alpha value is -2.62. The van der Waals surface area contributed by atoms with Gasteiger partial charge in [-0.2, -0.15) is 10.1 Å². The molecule has 1 aliphatic rings. The highest BCUT2D eigenvalue weighted by molar-refractivity contribution is 7.17. The Morgan fingerprint density at radius 3 is 2.71 bits per heavy atom. The molecule has 0 unspecified atom stereocenters. The highest BCUT2D eigenvalue weighted by Crippen LogP contribution is 2.41. The first-order valence-electron chi connectivity index (χ1n) is 10.9. The molecule has 176 valence electrons. The lowest BCUT2D eigenvalue weighted by Crippen LogP contribution is -2.47. The molecular formula is C24H23Cl2N5O2S. The van der Waals surface area contributed by atoms with Crippen LogP contribution in [0.3, 0.4) is 0 Å². The number of nitrogens with zero attached hydrogens (tertiary/aromatic N) is 4. The summed E-state index contributed by atoms with van der Waals surface area (Å²) in [5.41, 5.74) is 3.45. The lowest BCUT2D eigenvalue weighted by atomic mass is 10.00. The van der Waals surface area contributed by atoms with E-state index in [0.717, 1.165) is 58.9 Å². The molecule has 0 saturated carbocycles. The van der Waals surface area contributed by atoms with Gasteiger partial charge in [-0.25, -0.2) is 0 Å². The Morgan fingerprint density at radius 2 is 1.94 bits per heavy atom. The zero-order valence-corrected chi connectivity index (χ0v) is 20.5. The zero-order valence-electron chi connectivity index (χ0n) is 18.2. The van der Waals surface area contributed by atoms with Crippen molar-refractivity contribution in [3.63, 3.8) is 0 Å². The predicted molar refractivity (Wildman–Crippen MR) is 139 cm³/mol. The number of hydrogen-bond acceptors (Lipinski definition) is 7. The summed E-state index contributed by atoms with van der Waals surface area (Å²) in [5, 5.41) is 30.0. The van der Waals surface area contributed by atoms with Gasteiger partial charge in [-0.15, -0.1) is 0 Å². The predicted octanol–water partition coefficient (Wildman–Crippen LogP) is 4.74. The number of β-amino-alcohol motifs (C(OH)–C–C–N with tert-alkyl or cyclic N) is 1. The van der Waals surface area contributed by atoms with Crippen LogP contribution in [-0.2, 0) is 0 Å². The van der Waals surface area contributed by atoms with E-state index in [1.54, 1.807) is 18.3 Å². The lowest BCUT2D eigenvalue weighted by molar-refractivity contribution is 0.188. The van der Waals surface area contributed by atoms with Crippen LogP contribution >= 0.6 is 34.5 Å². The number of nitrogens with one attached hydrogen (secondary N) is 1. The van der Waals surface area contributed by atoms with Crippen molar-refractivity contribution in [2.45, 2.75) is 0 Å². The largest absolute Gasteiger partial charge is 0.492 e. The molecule has 0 spiro atoms. The molecule has 1 aliphatic heterocycles. The van der Waals surface area contributed by atoms with Crippen LogP contribution < -0.4 is 4.90 Å². The highest BCUT2D eigenvalue weighted by Gasteiger charge is 2.23. The van der Waals surface area contributed by atoms with Crippen LogP contribution in [-0.4, -0.2) is 69.6 Å². The van der Waals surface area contributed by atoms with E-state index >= 15 is 0 Å². The van der Waals surface area contributed by atoms with E-state index in [1.807, 2.05) is 30.3 Å². The van der Waals surface area contributed by atoms with E-state index in [2.05, 4.69) is 25.0 Å². The van der Waals surface area contributed by atoms with E-state index in [9.17, 15) is 10.2 Å². The standard InChI is InChI=1S/C24H23Cl2N5O2S/c25-18-3-1-16(20(26)13-18)12-19(15-2-4-21-17(11-15)14-27-29-21)22-23(33)28-24(34-22)31-7-5-30(6-8-31)9-10-32/h1-4,11-14,32-33H,5-10H2,(H,27,29). The summed E-state index contributed by atoms with van der Waals surface area (Å²) in [4.78, 5) is 9.56. The number of anilines is 1. The maximum atomic E-state index is 10.9. The Bertz CT molecular complexity index is 1340. The van der Waals surface area contributed by atoms with Crippen LogP contribution in [0.1, 0.15) is 16.0 Å². The van der Waals surface area contributed by atoms with E-state index in [0.29, 0.717) is 21.5 Å². The summed E-state index contributed by atoms with van der Waals surface area (Å²) in [7, 11) is 0. The highest BCUT2D eigenvalue weighted by atomic mass is 35.5. The molecule has 2 aromatic carbocycles. The average molecular weight is 516 g/mol. The van der Waals surface area contributed by atoms with Gasteiger partial charge in [-0.05, 0) is 41.5 Å². The number of H-pyrrole nitrogens is 1. The Balaban J connectivity index is 1.55. The van der Waals surface area contributed by atoms with Gasteiger partial charge in [0.25, 0.3) is 0 Å². The first-order chi connectivity index (χ1) is 16.5. The van der Waals surface area contributed by atoms with Crippen LogP contribution in [0, 0.1) is 0 Å². The third-order valence-corrected chi connectivity index (χ3v) is 7.62. The molecule has 1 saturated heterocycles. The normalized spacial score (nSPS) is 15.4. The second-order valence-corrected chi connectivity index (χ2v) is 9.92.